The Bertz CT molecular complexity index is 631. The molecule has 102 valence electrons. The monoisotopic (exact) mass is 267 g/mol. The van der Waals surface area contributed by atoms with Crippen LogP contribution in [0.1, 0.15) is 31.2 Å². The van der Waals surface area contributed by atoms with Crippen LogP contribution in [-0.2, 0) is 0 Å². The second-order valence-electron chi connectivity index (χ2n) is 5.18. The smallest absolute Gasteiger partial charge is 0.141 e. The van der Waals surface area contributed by atoms with Gasteiger partial charge in [-0.25, -0.2) is 4.99 Å². The van der Waals surface area contributed by atoms with E-state index in [1.54, 1.807) is 12.4 Å². The number of aromatic amines is 1. The third kappa shape index (κ3) is 2.21. The zero-order chi connectivity index (χ0) is 13.9. The highest BCUT2D eigenvalue weighted by Crippen LogP contribution is 2.35. The summed E-state index contributed by atoms with van der Waals surface area (Å²) in [5, 5.41) is 11.9. The van der Waals surface area contributed by atoms with Gasteiger partial charge < -0.3 is 16.0 Å². The molecule has 0 unspecified atom stereocenters. The topological polar surface area (TPSA) is 90.0 Å². The first-order chi connectivity index (χ1) is 9.79. The molecule has 0 aromatic carbocycles. The predicted molar refractivity (Wildman–Crippen MR) is 78.8 cm³/mol. The summed E-state index contributed by atoms with van der Waals surface area (Å²) in [5.74, 6) is 1.21. The van der Waals surface area contributed by atoms with Gasteiger partial charge in [-0.05, 0) is 31.7 Å². The average Bonchev–Trinajstić information content (AvgIpc) is 2.96. The summed E-state index contributed by atoms with van der Waals surface area (Å²) in [7, 11) is 0. The highest BCUT2D eigenvalue weighted by molar-refractivity contribution is 5.87. The molecule has 1 aliphatic carbocycles. The minimum atomic E-state index is 0.364. The number of rotatable bonds is 1. The average molecular weight is 267 g/mol. The van der Waals surface area contributed by atoms with E-state index in [4.69, 9.17) is 11.0 Å². The van der Waals surface area contributed by atoms with Crippen LogP contribution in [0.25, 0.3) is 5.70 Å². The van der Waals surface area contributed by atoms with E-state index in [-0.39, 0.29) is 0 Å². The highest BCUT2D eigenvalue weighted by Gasteiger charge is 2.23. The predicted octanol–water partition coefficient (Wildman–Crippen LogP) is 2.55. The summed E-state index contributed by atoms with van der Waals surface area (Å²) in [6.45, 7) is 0. The zero-order valence-electron chi connectivity index (χ0n) is 11.2. The van der Waals surface area contributed by atoms with Crippen LogP contribution >= 0.6 is 0 Å². The molecule has 1 aliphatic heterocycles. The molecular formula is C15H17N5. The lowest BCUT2D eigenvalue weighted by Gasteiger charge is -2.26. The molecule has 0 saturated heterocycles. The van der Waals surface area contributed by atoms with Crippen molar-refractivity contribution in [3.05, 3.63) is 35.2 Å². The molecular weight excluding hydrogens is 250 g/mol. The van der Waals surface area contributed by atoms with Crippen molar-refractivity contribution < 1.29 is 0 Å². The quantitative estimate of drug-likeness (QED) is 0.683. The van der Waals surface area contributed by atoms with Gasteiger partial charge in [0.25, 0.3) is 0 Å². The maximum absolute atomic E-state index is 8.69. The van der Waals surface area contributed by atoms with Crippen molar-refractivity contribution in [1.82, 2.24) is 10.3 Å². The van der Waals surface area contributed by atoms with E-state index in [1.807, 2.05) is 12.3 Å². The molecule has 0 atom stereocenters. The Hall–Kier alpha value is -2.48. The van der Waals surface area contributed by atoms with Crippen molar-refractivity contribution in [1.29, 1.82) is 5.26 Å². The van der Waals surface area contributed by atoms with Gasteiger partial charge in [-0.15, -0.1) is 0 Å². The summed E-state index contributed by atoms with van der Waals surface area (Å²) in [5.41, 5.74) is 10.5. The number of nitrogens with two attached hydrogens (primary N) is 1. The Labute approximate surface area is 117 Å². The molecule has 0 radical (unpaired) electrons. The standard InChI is InChI=1S/C15H17N5/c16-7-5-10-1-3-11(4-2-10)13(17)14-12-6-8-18-15(12)20-9-19-14/h5-6,8-9,11,18H,1-4,17H2,(H,19,20)/b10-5?,14-13-. The van der Waals surface area contributed by atoms with Crippen molar-refractivity contribution in [3.63, 3.8) is 0 Å². The normalized spacial score (nSPS) is 23.6. The lowest BCUT2D eigenvalue weighted by molar-refractivity contribution is 0.462. The number of nitrogens with zero attached hydrogens (tertiary/aromatic N) is 2. The zero-order valence-corrected chi connectivity index (χ0v) is 11.2. The van der Waals surface area contributed by atoms with Crippen LogP contribution < -0.4 is 11.1 Å². The second kappa shape index (κ2) is 5.25. The summed E-state index contributed by atoms with van der Waals surface area (Å²) >= 11 is 0. The molecule has 0 amide bonds. The Balaban J connectivity index is 1.82. The van der Waals surface area contributed by atoms with Crippen molar-refractivity contribution in [3.8, 4) is 6.07 Å². The number of allylic oxidation sites excluding steroid dienone is 3. The number of hydrogen-bond acceptors (Lipinski definition) is 4. The van der Waals surface area contributed by atoms with Crippen LogP contribution in [0.5, 0.6) is 0 Å². The molecule has 4 N–H and O–H groups in total. The fourth-order valence-electron chi connectivity index (χ4n) is 2.89. The van der Waals surface area contributed by atoms with E-state index in [1.165, 1.54) is 5.57 Å². The van der Waals surface area contributed by atoms with Gasteiger partial charge in [0.1, 0.15) is 5.82 Å². The molecule has 2 heterocycles. The first kappa shape index (κ1) is 12.5. The van der Waals surface area contributed by atoms with Crippen molar-refractivity contribution in [2.75, 3.05) is 0 Å². The van der Waals surface area contributed by atoms with Gasteiger partial charge >= 0.3 is 0 Å². The van der Waals surface area contributed by atoms with Gasteiger partial charge in [0.2, 0.25) is 0 Å². The van der Waals surface area contributed by atoms with Gasteiger partial charge in [-0.2, -0.15) is 5.26 Å². The molecule has 3 rings (SSSR count). The van der Waals surface area contributed by atoms with E-state index in [9.17, 15) is 0 Å². The van der Waals surface area contributed by atoms with Gasteiger partial charge in [0.15, 0.2) is 0 Å². The molecule has 1 saturated carbocycles. The molecule has 20 heavy (non-hydrogen) atoms. The van der Waals surface area contributed by atoms with Crippen molar-refractivity contribution in [2.24, 2.45) is 16.6 Å². The minimum absolute atomic E-state index is 0.364. The van der Waals surface area contributed by atoms with Crippen molar-refractivity contribution >= 4 is 17.9 Å². The maximum Gasteiger partial charge on any atom is 0.141 e. The van der Waals surface area contributed by atoms with Crippen LogP contribution in [0.2, 0.25) is 0 Å². The molecule has 1 aromatic heterocycles. The van der Waals surface area contributed by atoms with Crippen LogP contribution in [0, 0.1) is 17.2 Å². The van der Waals surface area contributed by atoms with Gasteiger partial charge in [-0.1, -0.05) is 5.57 Å². The molecule has 5 heteroatoms. The van der Waals surface area contributed by atoms with Gasteiger partial charge in [0, 0.05) is 29.5 Å². The third-order valence-corrected chi connectivity index (χ3v) is 4.02. The molecule has 0 bridgehead atoms. The first-order valence-corrected chi connectivity index (χ1v) is 6.83. The molecule has 2 aliphatic rings. The third-order valence-electron chi connectivity index (χ3n) is 4.02. The number of aromatic nitrogens is 1. The van der Waals surface area contributed by atoms with Crippen LogP contribution in [-0.4, -0.2) is 11.3 Å². The maximum atomic E-state index is 8.69. The first-order valence-electron chi connectivity index (χ1n) is 6.83. The van der Waals surface area contributed by atoms with E-state index < -0.39 is 0 Å². The number of nitriles is 1. The Morgan fingerprint density at radius 2 is 2.25 bits per heavy atom. The van der Waals surface area contributed by atoms with Crippen LogP contribution in [0.4, 0.5) is 5.82 Å². The number of H-pyrrole nitrogens is 1. The summed E-state index contributed by atoms with van der Waals surface area (Å²) in [6.07, 6.45) is 9.14. The molecule has 1 aromatic rings. The lowest BCUT2D eigenvalue weighted by atomic mass is 9.83. The fourth-order valence-corrected chi connectivity index (χ4v) is 2.89. The Morgan fingerprint density at radius 1 is 1.45 bits per heavy atom. The SMILES string of the molecule is N#CC=C1CCC(/C(N)=C2/NC=Nc3[nH]ccc32)CC1. The second-order valence-corrected chi connectivity index (χ2v) is 5.18. The van der Waals surface area contributed by atoms with E-state index >= 15 is 0 Å². The van der Waals surface area contributed by atoms with Crippen molar-refractivity contribution in [2.45, 2.75) is 25.7 Å². The van der Waals surface area contributed by atoms with Gasteiger partial charge in [0.05, 0.1) is 18.1 Å². The summed E-state index contributed by atoms with van der Waals surface area (Å²) < 4.78 is 0. The molecule has 0 spiro atoms. The Morgan fingerprint density at radius 3 is 3.00 bits per heavy atom. The van der Waals surface area contributed by atoms with E-state index in [0.29, 0.717) is 5.92 Å². The highest BCUT2D eigenvalue weighted by atomic mass is 15.0. The number of aliphatic imine (C=N–C) groups is 1. The Kier molecular flexibility index (Phi) is 3.30. The van der Waals surface area contributed by atoms with E-state index in [2.05, 4.69) is 21.4 Å². The summed E-state index contributed by atoms with van der Waals surface area (Å²) in [4.78, 5) is 7.34. The van der Waals surface area contributed by atoms with E-state index in [0.717, 1.165) is 48.5 Å². The number of hydrogen-bond donors (Lipinski definition) is 3. The minimum Gasteiger partial charge on any atom is -0.400 e. The van der Waals surface area contributed by atoms with Crippen LogP contribution in [0.3, 0.4) is 0 Å². The largest absolute Gasteiger partial charge is 0.400 e. The number of nitrogens with one attached hydrogen (secondary N) is 2. The lowest BCUT2D eigenvalue weighted by Crippen LogP contribution is -2.24. The molecule has 5 nitrogen and oxygen atoms in total. The number of fused-ring (bicyclic) bond motifs is 1. The fraction of sp³-hybridized carbons (Fsp3) is 0.333. The van der Waals surface area contributed by atoms with Gasteiger partial charge in [-0.3, -0.25) is 0 Å². The summed E-state index contributed by atoms with van der Waals surface area (Å²) in [6, 6.07) is 4.11. The molecule has 1 fully saturated rings. The van der Waals surface area contributed by atoms with Crippen LogP contribution in [0.15, 0.2) is 34.6 Å².